The maximum Gasteiger partial charge on any atom is 0.214 e. The lowest BCUT2D eigenvalue weighted by Crippen LogP contribution is -2.57. The molecule has 3 rings (SSSR count). The van der Waals surface area contributed by atoms with Crippen LogP contribution in [-0.2, 0) is 10.0 Å². The normalized spacial score (nSPS) is 35.8. The van der Waals surface area contributed by atoms with Gasteiger partial charge >= 0.3 is 0 Å². The number of sulfonamides is 1. The van der Waals surface area contributed by atoms with Gasteiger partial charge in [-0.3, -0.25) is 4.90 Å². The van der Waals surface area contributed by atoms with Gasteiger partial charge in [-0.05, 0) is 52.1 Å². The zero-order valence-electron chi connectivity index (χ0n) is 13.1. The van der Waals surface area contributed by atoms with Crippen LogP contribution in [0.4, 0.5) is 0 Å². The summed E-state index contributed by atoms with van der Waals surface area (Å²) in [5, 5.41) is 3.45. The number of hydrogen-bond acceptors (Lipinski definition) is 4. The molecule has 0 aromatic rings. The molecule has 0 bridgehead atoms. The second-order valence-corrected chi connectivity index (χ2v) is 9.00. The quantitative estimate of drug-likeness (QED) is 0.841. The molecule has 122 valence electrons. The minimum absolute atomic E-state index is 0.128. The molecule has 3 aliphatic rings. The first-order valence-corrected chi connectivity index (χ1v) is 10.1. The van der Waals surface area contributed by atoms with Crippen LogP contribution in [-0.4, -0.2) is 67.7 Å². The van der Waals surface area contributed by atoms with Gasteiger partial charge in [0, 0.05) is 31.2 Å². The van der Waals surface area contributed by atoms with Crippen molar-refractivity contribution in [3.8, 4) is 0 Å². The molecule has 0 radical (unpaired) electrons. The van der Waals surface area contributed by atoms with Gasteiger partial charge in [-0.1, -0.05) is 6.42 Å². The number of nitrogens with one attached hydrogen (secondary N) is 1. The molecule has 0 spiro atoms. The highest BCUT2D eigenvalue weighted by Gasteiger charge is 2.39. The summed E-state index contributed by atoms with van der Waals surface area (Å²) < 4.78 is 27.2. The fourth-order valence-corrected chi connectivity index (χ4v) is 5.96. The highest BCUT2D eigenvalue weighted by molar-refractivity contribution is 7.89. The topological polar surface area (TPSA) is 52.7 Å². The average molecular weight is 315 g/mol. The lowest BCUT2D eigenvalue weighted by atomic mass is 10.0. The molecule has 5 nitrogen and oxygen atoms in total. The molecule has 3 atom stereocenters. The molecular formula is C15H29N3O2S. The Morgan fingerprint density at radius 1 is 1.14 bits per heavy atom. The highest BCUT2D eigenvalue weighted by Crippen LogP contribution is 2.27. The fraction of sp³-hybridized carbons (Fsp3) is 1.00. The van der Waals surface area contributed by atoms with Crippen LogP contribution in [0.25, 0.3) is 0 Å². The van der Waals surface area contributed by atoms with E-state index < -0.39 is 10.0 Å². The Balaban J connectivity index is 1.58. The van der Waals surface area contributed by atoms with Crippen LogP contribution >= 0.6 is 0 Å². The van der Waals surface area contributed by atoms with E-state index in [-0.39, 0.29) is 6.04 Å². The van der Waals surface area contributed by atoms with E-state index in [1.165, 1.54) is 19.3 Å². The van der Waals surface area contributed by atoms with Crippen molar-refractivity contribution >= 4 is 10.0 Å². The van der Waals surface area contributed by atoms with Gasteiger partial charge in [0.05, 0.1) is 5.75 Å². The van der Waals surface area contributed by atoms with Crippen molar-refractivity contribution in [1.82, 2.24) is 14.5 Å². The summed E-state index contributed by atoms with van der Waals surface area (Å²) in [6.45, 7) is 5.87. The van der Waals surface area contributed by atoms with Crippen molar-refractivity contribution in [2.45, 2.75) is 63.6 Å². The van der Waals surface area contributed by atoms with E-state index in [9.17, 15) is 8.42 Å². The molecule has 3 fully saturated rings. The van der Waals surface area contributed by atoms with Gasteiger partial charge in [-0.15, -0.1) is 0 Å². The number of piperazine rings is 1. The summed E-state index contributed by atoms with van der Waals surface area (Å²) in [4.78, 5) is 2.47. The maximum atomic E-state index is 12.7. The summed E-state index contributed by atoms with van der Waals surface area (Å²) in [7, 11) is -3.10. The highest BCUT2D eigenvalue weighted by atomic mass is 32.2. The van der Waals surface area contributed by atoms with E-state index in [1.54, 1.807) is 4.31 Å². The van der Waals surface area contributed by atoms with Crippen molar-refractivity contribution < 1.29 is 8.42 Å². The molecule has 3 unspecified atom stereocenters. The van der Waals surface area contributed by atoms with Crippen molar-refractivity contribution in [2.24, 2.45) is 0 Å². The predicted molar refractivity (Wildman–Crippen MR) is 84.8 cm³/mol. The molecule has 0 aromatic carbocycles. The van der Waals surface area contributed by atoms with Crippen LogP contribution in [0.15, 0.2) is 0 Å². The van der Waals surface area contributed by atoms with E-state index in [4.69, 9.17) is 0 Å². The standard InChI is InChI=1S/C15H29N3O2S/c1-13-11-17-9-4-6-15(17)12-18(13)21(19,20)10-7-14-5-2-3-8-16-14/h13-16H,2-12H2,1H3. The van der Waals surface area contributed by atoms with Gasteiger partial charge in [0.2, 0.25) is 10.0 Å². The zero-order chi connectivity index (χ0) is 14.9. The Labute approximate surface area is 129 Å². The Morgan fingerprint density at radius 3 is 2.76 bits per heavy atom. The van der Waals surface area contributed by atoms with Gasteiger partial charge in [0.25, 0.3) is 0 Å². The second kappa shape index (κ2) is 6.52. The SMILES string of the molecule is CC1CN2CCCC2CN1S(=O)(=O)CCC1CCCCN1. The Bertz CT molecular complexity index is 448. The van der Waals surface area contributed by atoms with E-state index in [1.807, 2.05) is 0 Å². The minimum Gasteiger partial charge on any atom is -0.314 e. The molecule has 0 aromatic heterocycles. The number of fused-ring (bicyclic) bond motifs is 1. The predicted octanol–water partition coefficient (Wildman–Crippen LogP) is 1.02. The number of hydrogen-bond donors (Lipinski definition) is 1. The Hall–Kier alpha value is -0.170. The molecule has 21 heavy (non-hydrogen) atoms. The van der Waals surface area contributed by atoms with Gasteiger partial charge in [0.1, 0.15) is 0 Å². The van der Waals surface area contributed by atoms with Crippen LogP contribution in [0.1, 0.15) is 45.4 Å². The maximum absolute atomic E-state index is 12.7. The molecule has 6 heteroatoms. The first-order chi connectivity index (χ1) is 10.1. The van der Waals surface area contributed by atoms with Crippen LogP contribution in [0.2, 0.25) is 0 Å². The first-order valence-electron chi connectivity index (χ1n) is 8.53. The first kappa shape index (κ1) is 15.7. The van der Waals surface area contributed by atoms with Crippen molar-refractivity contribution in [2.75, 3.05) is 31.9 Å². The van der Waals surface area contributed by atoms with E-state index in [0.717, 1.165) is 38.9 Å². The number of nitrogens with zero attached hydrogens (tertiary/aromatic N) is 2. The van der Waals surface area contributed by atoms with Gasteiger partial charge < -0.3 is 5.32 Å². The lowest BCUT2D eigenvalue weighted by molar-refractivity contribution is 0.117. The molecule has 0 saturated carbocycles. The van der Waals surface area contributed by atoms with Crippen LogP contribution in [0.5, 0.6) is 0 Å². The number of rotatable bonds is 4. The van der Waals surface area contributed by atoms with Crippen molar-refractivity contribution in [1.29, 1.82) is 0 Å². The third-order valence-corrected chi connectivity index (χ3v) is 7.35. The molecular weight excluding hydrogens is 286 g/mol. The monoisotopic (exact) mass is 315 g/mol. The van der Waals surface area contributed by atoms with E-state index >= 15 is 0 Å². The summed E-state index contributed by atoms with van der Waals surface area (Å²) in [6.07, 6.45) is 6.72. The average Bonchev–Trinajstić information content (AvgIpc) is 2.92. The summed E-state index contributed by atoms with van der Waals surface area (Å²) in [5.41, 5.74) is 0. The molecule has 3 aliphatic heterocycles. The second-order valence-electron chi connectivity index (χ2n) is 6.96. The van der Waals surface area contributed by atoms with Gasteiger partial charge in [-0.2, -0.15) is 4.31 Å². The Kier molecular flexibility index (Phi) is 4.88. The molecule has 1 N–H and O–H groups in total. The van der Waals surface area contributed by atoms with Gasteiger partial charge in [0.15, 0.2) is 0 Å². The lowest BCUT2D eigenvalue weighted by Gasteiger charge is -2.41. The fourth-order valence-electron chi connectivity index (χ4n) is 4.13. The molecule has 0 aliphatic carbocycles. The summed E-state index contributed by atoms with van der Waals surface area (Å²) in [6, 6.07) is 0.990. The van der Waals surface area contributed by atoms with Gasteiger partial charge in [-0.25, -0.2) is 8.42 Å². The Morgan fingerprint density at radius 2 is 2.00 bits per heavy atom. The molecule has 3 heterocycles. The van der Waals surface area contributed by atoms with Crippen LogP contribution < -0.4 is 5.32 Å². The molecule has 3 saturated heterocycles. The van der Waals surface area contributed by atoms with E-state index in [0.29, 0.717) is 24.4 Å². The summed E-state index contributed by atoms with van der Waals surface area (Å²) in [5.74, 6) is 0.307. The van der Waals surface area contributed by atoms with E-state index in [2.05, 4.69) is 17.1 Å². The largest absolute Gasteiger partial charge is 0.314 e. The molecule has 0 amide bonds. The van der Waals surface area contributed by atoms with Crippen molar-refractivity contribution in [3.63, 3.8) is 0 Å². The number of piperidine rings is 1. The third kappa shape index (κ3) is 3.60. The minimum atomic E-state index is -3.10. The smallest absolute Gasteiger partial charge is 0.214 e. The van der Waals surface area contributed by atoms with Crippen LogP contribution in [0.3, 0.4) is 0 Å². The zero-order valence-corrected chi connectivity index (χ0v) is 13.9. The third-order valence-electron chi connectivity index (χ3n) is 5.37. The summed E-state index contributed by atoms with van der Waals surface area (Å²) >= 11 is 0. The van der Waals surface area contributed by atoms with Crippen molar-refractivity contribution in [3.05, 3.63) is 0 Å². The van der Waals surface area contributed by atoms with Crippen LogP contribution in [0, 0.1) is 0 Å².